The summed E-state index contributed by atoms with van der Waals surface area (Å²) in [5.41, 5.74) is 2.20. The average Bonchev–Trinajstić information content (AvgIpc) is 2.42. The van der Waals surface area contributed by atoms with Crippen molar-refractivity contribution in [3.05, 3.63) is 35.4 Å². The van der Waals surface area contributed by atoms with Crippen LogP contribution in [0.4, 0.5) is 0 Å². The van der Waals surface area contributed by atoms with Crippen LogP contribution in [0, 0.1) is 6.92 Å². The largest absolute Gasteiger partial charge is 0.335 e. The fourth-order valence-corrected chi connectivity index (χ4v) is 3.47. The van der Waals surface area contributed by atoms with Crippen LogP contribution in [0.1, 0.15) is 50.7 Å². The van der Waals surface area contributed by atoms with E-state index in [1.807, 2.05) is 31.2 Å². The summed E-state index contributed by atoms with van der Waals surface area (Å²) in [6.07, 6.45) is 4.24. The molecular weight excluding hydrogens is 271 g/mol. The lowest BCUT2D eigenvalue weighted by Crippen LogP contribution is -2.02. The Morgan fingerprint density at radius 3 is 1.90 bits per heavy atom. The van der Waals surface area contributed by atoms with Crippen LogP contribution in [0.25, 0.3) is 0 Å². The number of unbranched alkanes of at least 4 members (excludes halogenated alkanes) is 2. The summed E-state index contributed by atoms with van der Waals surface area (Å²) >= 11 is 0. The smallest absolute Gasteiger partial charge is 0.308 e. The van der Waals surface area contributed by atoms with Crippen molar-refractivity contribution in [1.82, 2.24) is 0 Å². The minimum atomic E-state index is -3.02. The van der Waals surface area contributed by atoms with Gasteiger partial charge in [-0.05, 0) is 25.3 Å². The number of rotatable bonds is 10. The van der Waals surface area contributed by atoms with Crippen molar-refractivity contribution in [3.63, 3.8) is 0 Å². The van der Waals surface area contributed by atoms with Gasteiger partial charge in [-0.25, -0.2) is 0 Å². The molecule has 0 heterocycles. The van der Waals surface area contributed by atoms with Crippen LogP contribution < -0.4 is 0 Å². The van der Waals surface area contributed by atoms with E-state index in [9.17, 15) is 4.57 Å². The van der Waals surface area contributed by atoms with Crippen LogP contribution in [0.3, 0.4) is 0 Å². The van der Waals surface area contributed by atoms with E-state index in [2.05, 4.69) is 13.8 Å². The van der Waals surface area contributed by atoms with Gasteiger partial charge in [0, 0.05) is 0 Å². The third-order valence-corrected chi connectivity index (χ3v) is 4.97. The van der Waals surface area contributed by atoms with Crippen molar-refractivity contribution in [3.8, 4) is 0 Å². The normalized spacial score (nSPS) is 11.8. The zero-order chi connectivity index (χ0) is 14.8. The van der Waals surface area contributed by atoms with Gasteiger partial charge in [0.05, 0.1) is 19.4 Å². The van der Waals surface area contributed by atoms with E-state index in [-0.39, 0.29) is 0 Å². The summed E-state index contributed by atoms with van der Waals surface area (Å²) in [5.74, 6) is 0. The second-order valence-electron chi connectivity index (χ2n) is 5.13. The topological polar surface area (TPSA) is 35.5 Å². The Hall–Kier alpha value is -0.630. The number of hydrogen-bond acceptors (Lipinski definition) is 3. The van der Waals surface area contributed by atoms with E-state index < -0.39 is 7.60 Å². The quantitative estimate of drug-likeness (QED) is 0.433. The summed E-state index contributed by atoms with van der Waals surface area (Å²) in [7, 11) is -3.02. The predicted octanol–water partition coefficient (Wildman–Crippen LogP) is 5.32. The molecule has 0 atom stereocenters. The van der Waals surface area contributed by atoms with E-state index in [1.54, 1.807) is 0 Å². The van der Waals surface area contributed by atoms with Crippen LogP contribution in [0.15, 0.2) is 24.3 Å². The van der Waals surface area contributed by atoms with Gasteiger partial charge in [-0.1, -0.05) is 56.5 Å². The molecule has 0 bridgehead atoms. The molecule has 114 valence electrons. The maximum atomic E-state index is 12.8. The van der Waals surface area contributed by atoms with E-state index in [0.29, 0.717) is 19.4 Å². The highest BCUT2D eigenvalue weighted by atomic mass is 31.2. The SMILES string of the molecule is CCCCOP(=O)(Cc1ccc(C)cc1)OCCCC. The molecule has 0 unspecified atom stereocenters. The molecule has 0 saturated carbocycles. The van der Waals surface area contributed by atoms with Gasteiger partial charge in [-0.2, -0.15) is 0 Å². The first-order chi connectivity index (χ1) is 9.59. The Morgan fingerprint density at radius 2 is 1.45 bits per heavy atom. The van der Waals surface area contributed by atoms with Gasteiger partial charge in [0.1, 0.15) is 0 Å². The number of benzene rings is 1. The minimum absolute atomic E-state index is 0.362. The highest BCUT2D eigenvalue weighted by molar-refractivity contribution is 7.53. The molecule has 0 aromatic heterocycles. The van der Waals surface area contributed by atoms with Gasteiger partial charge in [0.25, 0.3) is 0 Å². The van der Waals surface area contributed by atoms with Gasteiger partial charge < -0.3 is 9.05 Å². The van der Waals surface area contributed by atoms with Crippen molar-refractivity contribution in [2.45, 2.75) is 52.6 Å². The Kier molecular flexibility index (Phi) is 8.13. The van der Waals surface area contributed by atoms with Gasteiger partial charge in [0.15, 0.2) is 0 Å². The maximum absolute atomic E-state index is 12.8. The van der Waals surface area contributed by atoms with Crippen LogP contribution >= 0.6 is 7.60 Å². The van der Waals surface area contributed by atoms with Crippen LogP contribution in [-0.2, 0) is 19.8 Å². The summed E-state index contributed by atoms with van der Waals surface area (Å²) in [5, 5.41) is 0. The van der Waals surface area contributed by atoms with Gasteiger partial charge >= 0.3 is 7.60 Å². The lowest BCUT2D eigenvalue weighted by molar-refractivity contribution is 0.199. The number of aryl methyl sites for hydroxylation is 1. The standard InChI is InChI=1S/C16H27O3P/c1-4-6-12-18-20(17,19-13-7-5-2)14-16-10-8-15(3)9-11-16/h8-11H,4-7,12-14H2,1-3H3. The zero-order valence-corrected chi connectivity index (χ0v) is 13.8. The number of hydrogen-bond donors (Lipinski definition) is 0. The van der Waals surface area contributed by atoms with Crippen LogP contribution in [0.5, 0.6) is 0 Å². The summed E-state index contributed by atoms with van der Waals surface area (Å²) in [6, 6.07) is 8.04. The lowest BCUT2D eigenvalue weighted by Gasteiger charge is -2.18. The molecule has 0 spiro atoms. The van der Waals surface area contributed by atoms with E-state index in [0.717, 1.165) is 31.2 Å². The fraction of sp³-hybridized carbons (Fsp3) is 0.625. The van der Waals surface area contributed by atoms with Gasteiger partial charge in [-0.15, -0.1) is 0 Å². The monoisotopic (exact) mass is 298 g/mol. The van der Waals surface area contributed by atoms with E-state index >= 15 is 0 Å². The first kappa shape index (κ1) is 17.4. The molecular formula is C16H27O3P. The second kappa shape index (κ2) is 9.33. The molecule has 3 nitrogen and oxygen atoms in total. The summed E-state index contributed by atoms with van der Waals surface area (Å²) in [4.78, 5) is 0. The fourth-order valence-electron chi connectivity index (χ4n) is 1.74. The van der Waals surface area contributed by atoms with Gasteiger partial charge in [-0.3, -0.25) is 4.57 Å². The van der Waals surface area contributed by atoms with Crippen molar-refractivity contribution in [2.75, 3.05) is 13.2 Å². The van der Waals surface area contributed by atoms with Crippen molar-refractivity contribution in [2.24, 2.45) is 0 Å². The third kappa shape index (κ3) is 6.69. The molecule has 20 heavy (non-hydrogen) atoms. The minimum Gasteiger partial charge on any atom is -0.308 e. The second-order valence-corrected chi connectivity index (χ2v) is 7.18. The van der Waals surface area contributed by atoms with E-state index in [4.69, 9.17) is 9.05 Å². The molecule has 0 aliphatic rings. The first-order valence-corrected chi connectivity index (χ1v) is 9.26. The van der Waals surface area contributed by atoms with E-state index in [1.165, 1.54) is 5.56 Å². The summed E-state index contributed by atoms with van der Waals surface area (Å²) < 4.78 is 23.9. The van der Waals surface area contributed by atoms with Crippen molar-refractivity contribution >= 4 is 7.60 Å². The molecule has 4 heteroatoms. The van der Waals surface area contributed by atoms with Crippen molar-refractivity contribution < 1.29 is 13.6 Å². The summed E-state index contributed by atoms with van der Waals surface area (Å²) in [6.45, 7) is 7.23. The molecule has 0 radical (unpaired) electrons. The first-order valence-electron chi connectivity index (χ1n) is 7.53. The molecule has 0 saturated heterocycles. The average molecular weight is 298 g/mol. The van der Waals surface area contributed by atoms with Gasteiger partial charge in [0.2, 0.25) is 0 Å². The Bertz CT molecular complexity index is 400. The molecule has 1 aromatic carbocycles. The molecule has 0 fully saturated rings. The zero-order valence-electron chi connectivity index (χ0n) is 12.9. The molecule has 1 rings (SSSR count). The Labute approximate surface area is 123 Å². The predicted molar refractivity (Wildman–Crippen MR) is 84.2 cm³/mol. The molecule has 0 aliphatic heterocycles. The Balaban J connectivity index is 2.64. The highest BCUT2D eigenvalue weighted by Gasteiger charge is 2.24. The maximum Gasteiger partial charge on any atom is 0.335 e. The molecule has 0 N–H and O–H groups in total. The highest BCUT2D eigenvalue weighted by Crippen LogP contribution is 2.51. The lowest BCUT2D eigenvalue weighted by atomic mass is 10.2. The Morgan fingerprint density at radius 1 is 0.950 bits per heavy atom. The van der Waals surface area contributed by atoms with Crippen LogP contribution in [0.2, 0.25) is 0 Å². The molecule has 0 aliphatic carbocycles. The molecule has 0 amide bonds. The van der Waals surface area contributed by atoms with Crippen molar-refractivity contribution in [1.29, 1.82) is 0 Å². The third-order valence-electron chi connectivity index (χ3n) is 3.07. The van der Waals surface area contributed by atoms with Crippen LogP contribution in [-0.4, -0.2) is 13.2 Å². The molecule has 1 aromatic rings.